The first-order valence-corrected chi connectivity index (χ1v) is 10.2. The third kappa shape index (κ3) is 3.68. The van der Waals surface area contributed by atoms with Crippen molar-refractivity contribution in [1.29, 1.82) is 0 Å². The highest BCUT2D eigenvalue weighted by Crippen LogP contribution is 2.37. The molecule has 0 radical (unpaired) electrons. The molecule has 0 fully saturated rings. The van der Waals surface area contributed by atoms with Crippen molar-refractivity contribution in [3.05, 3.63) is 94.1 Å². The average Bonchev–Trinajstić information content (AvgIpc) is 3.01. The van der Waals surface area contributed by atoms with Gasteiger partial charge in [-0.3, -0.25) is 9.59 Å². The Balaban J connectivity index is 1.83. The summed E-state index contributed by atoms with van der Waals surface area (Å²) in [5.74, 6) is -0.384. The largest absolute Gasteiger partial charge is 0.495 e. The molecule has 156 valence electrons. The number of benzene rings is 3. The molecule has 0 unspecified atom stereocenters. The van der Waals surface area contributed by atoms with Gasteiger partial charge in [0.15, 0.2) is 0 Å². The molecule has 0 aromatic heterocycles. The lowest BCUT2D eigenvalue weighted by Crippen LogP contribution is -2.32. The van der Waals surface area contributed by atoms with Crippen LogP contribution in [0.2, 0.25) is 5.02 Å². The average molecular weight is 433 g/mol. The van der Waals surface area contributed by atoms with E-state index in [2.05, 4.69) is 5.32 Å². The monoisotopic (exact) mass is 432 g/mol. The fourth-order valence-corrected chi connectivity index (χ4v) is 3.82. The quantitative estimate of drug-likeness (QED) is 0.551. The second-order valence-corrected chi connectivity index (χ2v) is 7.66. The number of ether oxygens (including phenoxy) is 1. The lowest BCUT2D eigenvalue weighted by atomic mass is 10.0. The van der Waals surface area contributed by atoms with Crippen LogP contribution in [0.1, 0.15) is 16.7 Å². The topological polar surface area (TPSA) is 58.6 Å². The number of methoxy groups -OCH3 is 1. The Hall–Kier alpha value is -3.57. The fourth-order valence-electron chi connectivity index (χ4n) is 3.57. The smallest absolute Gasteiger partial charge is 0.282 e. The fraction of sp³-hybridized carbons (Fsp3) is 0.120. The van der Waals surface area contributed by atoms with E-state index in [0.717, 1.165) is 21.7 Å². The first kappa shape index (κ1) is 20.7. The summed E-state index contributed by atoms with van der Waals surface area (Å²) in [6.07, 6.45) is 0. The summed E-state index contributed by atoms with van der Waals surface area (Å²) in [6.45, 7) is 3.98. The van der Waals surface area contributed by atoms with Crippen LogP contribution in [-0.2, 0) is 9.59 Å². The highest BCUT2D eigenvalue weighted by atomic mass is 35.5. The van der Waals surface area contributed by atoms with E-state index in [0.29, 0.717) is 27.6 Å². The van der Waals surface area contributed by atoms with E-state index in [4.69, 9.17) is 16.3 Å². The predicted molar refractivity (Wildman–Crippen MR) is 123 cm³/mol. The van der Waals surface area contributed by atoms with Crippen molar-refractivity contribution in [2.45, 2.75) is 13.8 Å². The molecule has 0 bridgehead atoms. The molecule has 0 atom stereocenters. The Morgan fingerprint density at radius 2 is 1.65 bits per heavy atom. The number of hydrogen-bond donors (Lipinski definition) is 1. The maximum atomic E-state index is 13.5. The number of imide groups is 1. The van der Waals surface area contributed by atoms with Crippen LogP contribution in [0.25, 0.3) is 5.57 Å². The van der Waals surface area contributed by atoms with E-state index in [-0.39, 0.29) is 5.70 Å². The van der Waals surface area contributed by atoms with Crippen molar-refractivity contribution in [3.8, 4) is 5.75 Å². The number of nitrogens with zero attached hydrogens (tertiary/aromatic N) is 1. The van der Waals surface area contributed by atoms with Crippen molar-refractivity contribution in [3.63, 3.8) is 0 Å². The molecular weight excluding hydrogens is 412 g/mol. The Morgan fingerprint density at radius 1 is 0.903 bits per heavy atom. The molecule has 5 nitrogen and oxygen atoms in total. The normalized spacial score (nSPS) is 13.7. The summed E-state index contributed by atoms with van der Waals surface area (Å²) in [4.78, 5) is 28.1. The number of hydrogen-bond acceptors (Lipinski definition) is 4. The number of carbonyl (C=O) groups is 2. The first-order valence-electron chi connectivity index (χ1n) is 9.77. The number of amides is 2. The zero-order valence-electron chi connectivity index (χ0n) is 17.4. The van der Waals surface area contributed by atoms with Gasteiger partial charge in [0.2, 0.25) is 0 Å². The van der Waals surface area contributed by atoms with Crippen LogP contribution in [0.3, 0.4) is 0 Å². The molecule has 0 saturated heterocycles. The zero-order chi connectivity index (χ0) is 22.1. The van der Waals surface area contributed by atoms with E-state index in [1.807, 2.05) is 62.4 Å². The van der Waals surface area contributed by atoms with Crippen molar-refractivity contribution in [1.82, 2.24) is 0 Å². The highest BCUT2D eigenvalue weighted by molar-refractivity contribution is 6.46. The molecule has 0 aliphatic carbocycles. The third-order valence-electron chi connectivity index (χ3n) is 5.40. The van der Waals surface area contributed by atoms with Gasteiger partial charge in [-0.05, 0) is 54.8 Å². The maximum absolute atomic E-state index is 13.5. The van der Waals surface area contributed by atoms with E-state index < -0.39 is 11.8 Å². The zero-order valence-corrected chi connectivity index (χ0v) is 18.2. The van der Waals surface area contributed by atoms with Gasteiger partial charge in [-0.15, -0.1) is 0 Å². The first-order chi connectivity index (χ1) is 14.9. The Labute approximate surface area is 185 Å². The van der Waals surface area contributed by atoms with Gasteiger partial charge < -0.3 is 10.1 Å². The summed E-state index contributed by atoms with van der Waals surface area (Å²) in [5, 5.41) is 3.54. The molecule has 0 spiro atoms. The van der Waals surface area contributed by atoms with Gasteiger partial charge in [-0.1, -0.05) is 54.1 Å². The van der Waals surface area contributed by atoms with Crippen molar-refractivity contribution >= 4 is 40.4 Å². The molecule has 1 heterocycles. The van der Waals surface area contributed by atoms with Gasteiger partial charge in [0, 0.05) is 5.69 Å². The maximum Gasteiger partial charge on any atom is 0.282 e. The van der Waals surface area contributed by atoms with E-state index in [1.165, 1.54) is 7.11 Å². The van der Waals surface area contributed by atoms with Gasteiger partial charge in [0.1, 0.15) is 11.4 Å². The molecule has 3 aromatic rings. The number of carbonyl (C=O) groups excluding carboxylic acids is 2. The molecule has 1 N–H and O–H groups in total. The Kier molecular flexibility index (Phi) is 5.53. The summed E-state index contributed by atoms with van der Waals surface area (Å²) >= 11 is 6.26. The number of nitrogens with one attached hydrogen (secondary N) is 1. The molecule has 4 rings (SSSR count). The van der Waals surface area contributed by atoms with Crippen molar-refractivity contribution in [2.75, 3.05) is 17.3 Å². The molecule has 6 heteroatoms. The Bertz CT molecular complexity index is 1220. The second-order valence-electron chi connectivity index (χ2n) is 7.25. The van der Waals surface area contributed by atoms with Gasteiger partial charge in [0.25, 0.3) is 11.8 Å². The summed E-state index contributed by atoms with van der Waals surface area (Å²) in [5.41, 5.74) is 4.47. The predicted octanol–water partition coefficient (Wildman–Crippen LogP) is 5.36. The van der Waals surface area contributed by atoms with Crippen LogP contribution in [0, 0.1) is 13.8 Å². The third-order valence-corrected chi connectivity index (χ3v) is 5.70. The molecule has 0 saturated carbocycles. The number of anilines is 2. The minimum absolute atomic E-state index is 0.233. The van der Waals surface area contributed by atoms with Crippen LogP contribution in [0.15, 0.2) is 72.4 Å². The van der Waals surface area contributed by atoms with Crippen LogP contribution in [0.5, 0.6) is 5.75 Å². The molecule has 1 aliphatic heterocycles. The van der Waals surface area contributed by atoms with Gasteiger partial charge in [-0.2, -0.15) is 0 Å². The summed E-state index contributed by atoms with van der Waals surface area (Å²) in [7, 11) is 1.51. The summed E-state index contributed by atoms with van der Waals surface area (Å²) < 4.78 is 5.19. The van der Waals surface area contributed by atoms with E-state index in [9.17, 15) is 9.59 Å². The molecule has 31 heavy (non-hydrogen) atoms. The summed E-state index contributed by atoms with van der Waals surface area (Å²) in [6, 6.07) is 19.8. The SMILES string of the molecule is COc1ccc(N2C(=O)C(Nc3cccc(C)c3C)=C(c3ccccc3)C2=O)cc1Cl. The molecule has 2 amide bonds. The van der Waals surface area contributed by atoms with Crippen molar-refractivity contribution in [2.24, 2.45) is 0 Å². The highest BCUT2D eigenvalue weighted by Gasteiger charge is 2.40. The van der Waals surface area contributed by atoms with Crippen LogP contribution < -0.4 is 15.0 Å². The molecule has 3 aromatic carbocycles. The van der Waals surface area contributed by atoms with Gasteiger partial charge in [0.05, 0.1) is 23.4 Å². The van der Waals surface area contributed by atoms with Crippen LogP contribution >= 0.6 is 11.6 Å². The Morgan fingerprint density at radius 3 is 2.32 bits per heavy atom. The minimum Gasteiger partial charge on any atom is -0.495 e. The number of aryl methyl sites for hydroxylation is 1. The molecular formula is C25H21ClN2O3. The minimum atomic E-state index is -0.439. The second kappa shape index (κ2) is 8.28. The van der Waals surface area contributed by atoms with Crippen LogP contribution in [0.4, 0.5) is 11.4 Å². The molecule has 1 aliphatic rings. The van der Waals surface area contributed by atoms with Crippen molar-refractivity contribution < 1.29 is 14.3 Å². The van der Waals surface area contributed by atoms with E-state index >= 15 is 0 Å². The van der Waals surface area contributed by atoms with Gasteiger partial charge >= 0.3 is 0 Å². The van der Waals surface area contributed by atoms with E-state index in [1.54, 1.807) is 18.2 Å². The van der Waals surface area contributed by atoms with Gasteiger partial charge in [-0.25, -0.2) is 4.90 Å². The number of halogens is 1. The lowest BCUT2D eigenvalue weighted by Gasteiger charge is -2.17. The van der Waals surface area contributed by atoms with Crippen LogP contribution in [-0.4, -0.2) is 18.9 Å². The number of rotatable bonds is 5. The lowest BCUT2D eigenvalue weighted by molar-refractivity contribution is -0.120. The standard InChI is InChI=1S/C25H21ClN2O3/c1-15-8-7-11-20(16(15)2)27-23-22(17-9-5-4-6-10-17)24(29)28(25(23)30)18-12-13-21(31-3)19(26)14-18/h4-14,27H,1-3H3.